The van der Waals surface area contributed by atoms with Crippen LogP contribution in [-0.4, -0.2) is 17.6 Å². The summed E-state index contributed by atoms with van der Waals surface area (Å²) in [4.78, 5) is 6.50. The second kappa shape index (κ2) is 5.66. The van der Waals surface area contributed by atoms with E-state index in [1.54, 1.807) is 12.3 Å². The first-order valence-corrected chi connectivity index (χ1v) is 7.80. The summed E-state index contributed by atoms with van der Waals surface area (Å²) < 4.78 is 14.4. The molecular weight excluding hydrogens is 263 g/mol. The van der Waals surface area contributed by atoms with Gasteiger partial charge in [-0.15, -0.1) is 11.6 Å². The van der Waals surface area contributed by atoms with Crippen LogP contribution in [0.4, 0.5) is 10.2 Å². The number of fused-ring (bicyclic) bond motifs is 1. The summed E-state index contributed by atoms with van der Waals surface area (Å²) in [6.07, 6.45) is 9.17. The van der Waals surface area contributed by atoms with Crippen LogP contribution < -0.4 is 4.90 Å². The van der Waals surface area contributed by atoms with Gasteiger partial charge in [0.05, 0.1) is 5.88 Å². The third-order valence-corrected chi connectivity index (χ3v) is 4.90. The van der Waals surface area contributed by atoms with Gasteiger partial charge in [-0.05, 0) is 37.7 Å². The Hall–Kier alpha value is -0.830. The van der Waals surface area contributed by atoms with E-state index in [0.29, 0.717) is 17.4 Å². The van der Waals surface area contributed by atoms with E-state index >= 15 is 0 Å². The summed E-state index contributed by atoms with van der Waals surface area (Å²) in [5.74, 6) is 1.24. The van der Waals surface area contributed by atoms with Gasteiger partial charge in [-0.3, -0.25) is 0 Å². The van der Waals surface area contributed by atoms with Crippen LogP contribution in [0.5, 0.6) is 0 Å². The van der Waals surface area contributed by atoms with Crippen LogP contribution in [0.25, 0.3) is 0 Å². The summed E-state index contributed by atoms with van der Waals surface area (Å²) in [6, 6.07) is 2.16. The zero-order valence-electron chi connectivity index (χ0n) is 11.1. The number of anilines is 1. The SMILES string of the molecule is Fc1c(CCl)ccnc1N1CCCC2CCCCC21. The molecule has 3 rings (SSSR count). The maximum absolute atomic E-state index is 14.4. The van der Waals surface area contributed by atoms with E-state index in [0.717, 1.165) is 18.9 Å². The Morgan fingerprint density at radius 1 is 1.26 bits per heavy atom. The maximum Gasteiger partial charge on any atom is 0.170 e. The van der Waals surface area contributed by atoms with Crippen LogP contribution in [0.3, 0.4) is 0 Å². The minimum absolute atomic E-state index is 0.212. The Labute approximate surface area is 119 Å². The largest absolute Gasteiger partial charge is 0.351 e. The van der Waals surface area contributed by atoms with Gasteiger partial charge in [-0.25, -0.2) is 9.37 Å². The zero-order chi connectivity index (χ0) is 13.2. The number of hydrogen-bond donors (Lipinski definition) is 0. The topological polar surface area (TPSA) is 16.1 Å². The van der Waals surface area contributed by atoms with Crippen molar-refractivity contribution >= 4 is 17.4 Å². The molecule has 1 saturated carbocycles. The lowest BCUT2D eigenvalue weighted by atomic mass is 9.78. The molecule has 2 unspecified atom stereocenters. The second-order valence-electron chi connectivity index (χ2n) is 5.69. The highest BCUT2D eigenvalue weighted by Crippen LogP contribution is 2.38. The molecule has 0 bridgehead atoms. The molecule has 0 aromatic carbocycles. The fourth-order valence-corrected chi connectivity index (χ4v) is 3.87. The van der Waals surface area contributed by atoms with Crippen molar-refractivity contribution in [3.8, 4) is 0 Å². The monoisotopic (exact) mass is 282 g/mol. The number of piperidine rings is 1. The van der Waals surface area contributed by atoms with Crippen LogP contribution in [0, 0.1) is 11.7 Å². The average molecular weight is 283 g/mol. The van der Waals surface area contributed by atoms with Crippen LogP contribution in [0.1, 0.15) is 44.1 Å². The highest BCUT2D eigenvalue weighted by Gasteiger charge is 2.35. The molecule has 0 radical (unpaired) electrons. The van der Waals surface area contributed by atoms with Gasteiger partial charge in [-0.1, -0.05) is 12.8 Å². The lowest BCUT2D eigenvalue weighted by Gasteiger charge is -2.44. The quantitative estimate of drug-likeness (QED) is 0.759. The Morgan fingerprint density at radius 3 is 2.89 bits per heavy atom. The van der Waals surface area contributed by atoms with E-state index in [2.05, 4.69) is 9.88 Å². The first-order valence-electron chi connectivity index (χ1n) is 7.27. The van der Waals surface area contributed by atoms with Crippen LogP contribution in [0.15, 0.2) is 12.3 Å². The number of nitrogens with zero attached hydrogens (tertiary/aromatic N) is 2. The molecule has 2 nitrogen and oxygen atoms in total. The Morgan fingerprint density at radius 2 is 2.05 bits per heavy atom. The van der Waals surface area contributed by atoms with Crippen LogP contribution in [0.2, 0.25) is 0 Å². The van der Waals surface area contributed by atoms with Crippen LogP contribution in [-0.2, 0) is 5.88 Å². The third kappa shape index (κ3) is 2.45. The van der Waals surface area contributed by atoms with Gasteiger partial charge in [0.15, 0.2) is 11.6 Å². The van der Waals surface area contributed by atoms with Crippen molar-refractivity contribution in [2.45, 2.75) is 50.4 Å². The fourth-order valence-electron chi connectivity index (χ4n) is 3.66. The molecule has 0 amide bonds. The smallest absolute Gasteiger partial charge is 0.170 e. The average Bonchev–Trinajstić information content (AvgIpc) is 2.47. The number of rotatable bonds is 2. The van der Waals surface area contributed by atoms with Crippen molar-refractivity contribution in [3.05, 3.63) is 23.6 Å². The van der Waals surface area contributed by atoms with E-state index in [4.69, 9.17) is 11.6 Å². The zero-order valence-corrected chi connectivity index (χ0v) is 11.9. The Bertz CT molecular complexity index is 450. The van der Waals surface area contributed by atoms with E-state index in [-0.39, 0.29) is 11.7 Å². The molecule has 0 N–H and O–H groups in total. The predicted molar refractivity (Wildman–Crippen MR) is 76.1 cm³/mol. The molecule has 104 valence electrons. The van der Waals surface area contributed by atoms with Crippen molar-refractivity contribution in [1.82, 2.24) is 4.98 Å². The number of pyridine rings is 1. The molecule has 1 aromatic heterocycles. The van der Waals surface area contributed by atoms with Crippen molar-refractivity contribution in [3.63, 3.8) is 0 Å². The Kier molecular flexibility index (Phi) is 3.92. The van der Waals surface area contributed by atoms with Gasteiger partial charge in [-0.2, -0.15) is 0 Å². The van der Waals surface area contributed by atoms with Crippen molar-refractivity contribution < 1.29 is 4.39 Å². The van der Waals surface area contributed by atoms with E-state index in [1.807, 2.05) is 0 Å². The van der Waals surface area contributed by atoms with Gasteiger partial charge < -0.3 is 4.90 Å². The van der Waals surface area contributed by atoms with Crippen molar-refractivity contribution in [2.24, 2.45) is 5.92 Å². The summed E-state index contributed by atoms with van der Waals surface area (Å²) in [7, 11) is 0. The first kappa shape index (κ1) is 13.2. The van der Waals surface area contributed by atoms with Crippen LogP contribution >= 0.6 is 11.6 Å². The van der Waals surface area contributed by atoms with E-state index < -0.39 is 0 Å². The molecule has 2 heterocycles. The molecule has 0 spiro atoms. The van der Waals surface area contributed by atoms with Gasteiger partial charge in [0.1, 0.15) is 0 Å². The molecule has 1 aliphatic carbocycles. The molecule has 1 aliphatic heterocycles. The maximum atomic E-state index is 14.4. The predicted octanol–water partition coefficient (Wildman–Crippen LogP) is 4.12. The second-order valence-corrected chi connectivity index (χ2v) is 5.96. The minimum Gasteiger partial charge on any atom is -0.351 e. The fraction of sp³-hybridized carbons (Fsp3) is 0.667. The highest BCUT2D eigenvalue weighted by molar-refractivity contribution is 6.17. The van der Waals surface area contributed by atoms with Gasteiger partial charge in [0, 0.05) is 24.3 Å². The summed E-state index contributed by atoms with van der Waals surface area (Å²) in [5, 5.41) is 0. The molecule has 2 aliphatic rings. The lowest BCUT2D eigenvalue weighted by molar-refractivity contribution is 0.241. The lowest BCUT2D eigenvalue weighted by Crippen LogP contribution is -2.47. The normalized spacial score (nSPS) is 27.2. The van der Waals surface area contributed by atoms with E-state index in [9.17, 15) is 4.39 Å². The van der Waals surface area contributed by atoms with Crippen molar-refractivity contribution in [2.75, 3.05) is 11.4 Å². The Balaban J connectivity index is 1.91. The highest BCUT2D eigenvalue weighted by atomic mass is 35.5. The summed E-state index contributed by atoms with van der Waals surface area (Å²) in [5.41, 5.74) is 0.560. The number of hydrogen-bond acceptors (Lipinski definition) is 2. The van der Waals surface area contributed by atoms with Gasteiger partial charge in [0.25, 0.3) is 0 Å². The van der Waals surface area contributed by atoms with Gasteiger partial charge >= 0.3 is 0 Å². The number of aromatic nitrogens is 1. The number of alkyl halides is 1. The molecule has 2 atom stereocenters. The standard InChI is InChI=1S/C15H20ClFN2/c16-10-12-7-8-18-15(14(12)17)19-9-3-5-11-4-1-2-6-13(11)19/h7-8,11,13H,1-6,9-10H2. The molecular formula is C15H20ClFN2. The molecule has 2 fully saturated rings. The molecule has 19 heavy (non-hydrogen) atoms. The van der Waals surface area contributed by atoms with Gasteiger partial charge in [0.2, 0.25) is 0 Å². The first-order chi connectivity index (χ1) is 9.31. The molecule has 1 aromatic rings. The molecule has 1 saturated heterocycles. The summed E-state index contributed by atoms with van der Waals surface area (Å²) >= 11 is 5.79. The minimum atomic E-state index is -0.219. The van der Waals surface area contributed by atoms with E-state index in [1.165, 1.54) is 32.1 Å². The molecule has 4 heteroatoms. The number of halogens is 2. The van der Waals surface area contributed by atoms with Crippen molar-refractivity contribution in [1.29, 1.82) is 0 Å². The summed E-state index contributed by atoms with van der Waals surface area (Å²) in [6.45, 7) is 0.927. The third-order valence-electron chi connectivity index (χ3n) is 4.61.